The lowest BCUT2D eigenvalue weighted by Gasteiger charge is -2.38. The fourth-order valence-electron chi connectivity index (χ4n) is 3.71. The van der Waals surface area contributed by atoms with E-state index in [-0.39, 0.29) is 10.9 Å². The molecule has 4 nitrogen and oxygen atoms in total. The first-order chi connectivity index (χ1) is 13.0. The molecule has 1 fully saturated rings. The molecule has 1 aliphatic heterocycles. The van der Waals surface area contributed by atoms with Gasteiger partial charge in [-0.15, -0.1) is 0 Å². The predicted octanol–water partition coefficient (Wildman–Crippen LogP) is 3.55. The molecule has 0 N–H and O–H groups in total. The van der Waals surface area contributed by atoms with E-state index in [0.29, 0.717) is 24.3 Å². The Hall–Kier alpha value is -2.59. The summed E-state index contributed by atoms with van der Waals surface area (Å²) in [6, 6.07) is 13.7. The largest absolute Gasteiger partial charge is 0.368 e. The number of benzene rings is 2. The molecular formula is C22H21ClN2O2. The van der Waals surface area contributed by atoms with Gasteiger partial charge in [-0.2, -0.15) is 0 Å². The topological polar surface area (TPSA) is 40.6 Å². The molecule has 0 aromatic heterocycles. The van der Waals surface area contributed by atoms with E-state index in [9.17, 15) is 9.59 Å². The molecule has 1 aliphatic rings. The van der Waals surface area contributed by atoms with Crippen molar-refractivity contribution in [3.05, 3.63) is 79.1 Å². The monoisotopic (exact) mass is 380 g/mol. The first-order valence-electron chi connectivity index (χ1n) is 9.12. The Morgan fingerprint density at radius 1 is 0.815 bits per heavy atom. The van der Waals surface area contributed by atoms with E-state index in [1.54, 1.807) is 0 Å². The number of halogens is 1. The van der Waals surface area contributed by atoms with Gasteiger partial charge in [0.1, 0.15) is 5.69 Å². The minimum Gasteiger partial charge on any atom is -0.368 e. The number of hydrogen-bond acceptors (Lipinski definition) is 4. The Balaban J connectivity index is 1.57. The van der Waals surface area contributed by atoms with Crippen molar-refractivity contribution in [1.82, 2.24) is 0 Å². The summed E-state index contributed by atoms with van der Waals surface area (Å²) in [4.78, 5) is 28.9. The highest BCUT2D eigenvalue weighted by molar-refractivity contribution is 6.30. The summed E-state index contributed by atoms with van der Waals surface area (Å²) >= 11 is 6.09. The van der Waals surface area contributed by atoms with Crippen LogP contribution in [0.4, 0.5) is 11.4 Å². The maximum atomic E-state index is 12.3. The van der Waals surface area contributed by atoms with Gasteiger partial charge < -0.3 is 9.80 Å². The second-order valence-electron chi connectivity index (χ2n) is 7.13. The van der Waals surface area contributed by atoms with Crippen molar-refractivity contribution < 1.29 is 0 Å². The summed E-state index contributed by atoms with van der Waals surface area (Å²) in [5.74, 6) is 0. The highest BCUT2D eigenvalue weighted by atomic mass is 35.5. The normalized spacial score (nSPS) is 14.8. The molecule has 3 aromatic carbocycles. The van der Waals surface area contributed by atoms with Crippen LogP contribution in [0.5, 0.6) is 0 Å². The molecule has 0 radical (unpaired) electrons. The van der Waals surface area contributed by atoms with Gasteiger partial charge >= 0.3 is 0 Å². The quantitative estimate of drug-likeness (QED) is 0.651. The maximum absolute atomic E-state index is 12.3. The van der Waals surface area contributed by atoms with Crippen molar-refractivity contribution in [1.29, 1.82) is 0 Å². The van der Waals surface area contributed by atoms with Crippen LogP contribution in [0.3, 0.4) is 0 Å². The average Bonchev–Trinajstić information content (AvgIpc) is 2.68. The van der Waals surface area contributed by atoms with E-state index in [0.717, 1.165) is 34.9 Å². The van der Waals surface area contributed by atoms with E-state index >= 15 is 0 Å². The van der Waals surface area contributed by atoms with Crippen molar-refractivity contribution in [2.75, 3.05) is 36.0 Å². The average molecular weight is 381 g/mol. The third-order valence-electron chi connectivity index (χ3n) is 5.45. The standard InChI is InChI=1S/C22H21ClN2O2/c1-14-6-7-16(12-15(14)2)19-20(22(27)21(19)26)25-10-8-24(9-11-25)18-5-3-4-17(23)13-18/h3-7,12-13H,8-11H2,1-2H3. The van der Waals surface area contributed by atoms with E-state index in [1.807, 2.05) is 56.3 Å². The fraction of sp³-hybridized carbons (Fsp3) is 0.273. The maximum Gasteiger partial charge on any atom is 0.250 e. The third-order valence-corrected chi connectivity index (χ3v) is 5.69. The Labute approximate surface area is 163 Å². The highest BCUT2D eigenvalue weighted by Crippen LogP contribution is 2.30. The molecule has 1 heterocycles. The zero-order valence-corrected chi connectivity index (χ0v) is 16.2. The zero-order chi connectivity index (χ0) is 19.1. The Morgan fingerprint density at radius 2 is 1.52 bits per heavy atom. The van der Waals surface area contributed by atoms with Crippen molar-refractivity contribution in [2.45, 2.75) is 13.8 Å². The van der Waals surface area contributed by atoms with Crippen molar-refractivity contribution in [3.63, 3.8) is 0 Å². The van der Waals surface area contributed by atoms with Gasteiger partial charge in [-0.1, -0.05) is 35.9 Å². The van der Waals surface area contributed by atoms with E-state index in [4.69, 9.17) is 11.6 Å². The van der Waals surface area contributed by atoms with Crippen molar-refractivity contribution >= 4 is 23.0 Å². The summed E-state index contributed by atoms with van der Waals surface area (Å²) in [5.41, 5.74) is 4.64. The van der Waals surface area contributed by atoms with Gasteiger partial charge in [0.2, 0.25) is 10.9 Å². The van der Waals surface area contributed by atoms with E-state index < -0.39 is 0 Å². The second kappa shape index (κ2) is 6.86. The molecule has 0 unspecified atom stereocenters. The van der Waals surface area contributed by atoms with Crippen LogP contribution < -0.4 is 20.7 Å². The van der Waals surface area contributed by atoms with Crippen LogP contribution in [0.1, 0.15) is 11.1 Å². The van der Waals surface area contributed by atoms with Gasteiger partial charge in [0.05, 0.1) is 5.56 Å². The molecule has 27 heavy (non-hydrogen) atoms. The molecule has 0 bridgehead atoms. The van der Waals surface area contributed by atoms with Crippen LogP contribution in [-0.2, 0) is 0 Å². The first-order valence-corrected chi connectivity index (χ1v) is 9.50. The molecule has 1 saturated heterocycles. The van der Waals surface area contributed by atoms with Crippen LogP contribution in [-0.4, -0.2) is 26.2 Å². The van der Waals surface area contributed by atoms with Crippen LogP contribution in [0, 0.1) is 13.8 Å². The Kier molecular flexibility index (Phi) is 4.52. The van der Waals surface area contributed by atoms with Gasteiger partial charge in [0.25, 0.3) is 0 Å². The molecule has 3 aromatic rings. The van der Waals surface area contributed by atoms with Gasteiger partial charge in [0, 0.05) is 36.9 Å². The molecule has 4 rings (SSSR count). The van der Waals surface area contributed by atoms with Gasteiger partial charge in [-0.25, -0.2) is 0 Å². The molecule has 0 aliphatic carbocycles. The number of aryl methyl sites for hydroxylation is 2. The predicted molar refractivity (Wildman–Crippen MR) is 112 cm³/mol. The number of rotatable bonds is 3. The van der Waals surface area contributed by atoms with Crippen LogP contribution in [0.15, 0.2) is 52.1 Å². The van der Waals surface area contributed by atoms with Gasteiger partial charge in [-0.3, -0.25) is 9.59 Å². The lowest BCUT2D eigenvalue weighted by atomic mass is 9.94. The Morgan fingerprint density at radius 3 is 2.19 bits per heavy atom. The number of piperazine rings is 1. The third kappa shape index (κ3) is 3.15. The SMILES string of the molecule is Cc1ccc(-c2c(N3CCN(c4cccc(Cl)c4)CC3)c(=O)c2=O)cc1C. The highest BCUT2D eigenvalue weighted by Gasteiger charge is 2.29. The molecule has 0 spiro atoms. The number of anilines is 2. The summed E-state index contributed by atoms with van der Waals surface area (Å²) in [6.45, 7) is 7.03. The minimum absolute atomic E-state index is 0.362. The van der Waals surface area contributed by atoms with Gasteiger partial charge in [0.15, 0.2) is 0 Å². The molecule has 0 saturated carbocycles. The lowest BCUT2D eigenvalue weighted by Crippen LogP contribution is -2.51. The van der Waals surface area contributed by atoms with Crippen LogP contribution >= 0.6 is 11.6 Å². The van der Waals surface area contributed by atoms with Gasteiger partial charge in [-0.05, 0) is 48.7 Å². The number of nitrogens with zero attached hydrogens (tertiary/aromatic N) is 2. The summed E-state index contributed by atoms with van der Waals surface area (Å²) in [5, 5.41) is 0.717. The minimum atomic E-state index is -0.370. The second-order valence-corrected chi connectivity index (χ2v) is 7.57. The van der Waals surface area contributed by atoms with E-state index in [2.05, 4.69) is 9.80 Å². The summed E-state index contributed by atoms with van der Waals surface area (Å²) < 4.78 is 0. The zero-order valence-electron chi connectivity index (χ0n) is 15.5. The van der Waals surface area contributed by atoms with Crippen molar-refractivity contribution in [3.8, 4) is 11.1 Å². The summed E-state index contributed by atoms with van der Waals surface area (Å²) in [7, 11) is 0. The molecular weight excluding hydrogens is 360 g/mol. The smallest absolute Gasteiger partial charge is 0.250 e. The Bertz CT molecular complexity index is 1070. The first kappa shape index (κ1) is 17.8. The van der Waals surface area contributed by atoms with Crippen LogP contribution in [0.2, 0.25) is 5.02 Å². The lowest BCUT2D eigenvalue weighted by molar-refractivity contribution is 0.651. The molecule has 5 heteroatoms. The fourth-order valence-corrected chi connectivity index (χ4v) is 3.89. The van der Waals surface area contributed by atoms with E-state index in [1.165, 1.54) is 5.56 Å². The number of hydrogen-bond donors (Lipinski definition) is 0. The summed E-state index contributed by atoms with van der Waals surface area (Å²) in [6.07, 6.45) is 0. The molecule has 0 amide bonds. The van der Waals surface area contributed by atoms with Crippen LogP contribution in [0.25, 0.3) is 11.1 Å². The van der Waals surface area contributed by atoms with Crippen molar-refractivity contribution in [2.24, 2.45) is 0 Å². The molecule has 0 atom stereocenters. The molecule has 138 valence electrons.